The highest BCUT2D eigenvalue weighted by Crippen LogP contribution is 2.28. The number of hydrogen-bond donors (Lipinski definition) is 2. The van der Waals surface area contributed by atoms with Gasteiger partial charge in [0, 0.05) is 31.0 Å². The monoisotopic (exact) mass is 401 g/mol. The van der Waals surface area contributed by atoms with Crippen LogP contribution in [0.1, 0.15) is 18.4 Å². The molecule has 2 aromatic carbocycles. The molecule has 2 amide bonds. The first-order valence-corrected chi connectivity index (χ1v) is 9.64. The Morgan fingerprint density at radius 3 is 2.40 bits per heavy atom. The molecule has 30 heavy (non-hydrogen) atoms. The molecular weight excluding hydrogens is 378 g/mol. The highest BCUT2D eigenvalue weighted by Gasteiger charge is 2.28. The minimum Gasteiger partial charge on any atom is -0.416 e. The maximum absolute atomic E-state index is 12.0. The Morgan fingerprint density at radius 1 is 1.00 bits per heavy atom. The van der Waals surface area contributed by atoms with Crippen molar-refractivity contribution in [1.82, 2.24) is 20.8 Å². The van der Waals surface area contributed by atoms with Crippen LogP contribution in [0, 0.1) is 0 Å². The van der Waals surface area contributed by atoms with Gasteiger partial charge in [-0.25, -0.2) is 4.79 Å². The van der Waals surface area contributed by atoms with Crippen molar-refractivity contribution in [2.24, 2.45) is 0 Å². The first kappa shape index (κ1) is 19.4. The van der Waals surface area contributed by atoms with Crippen LogP contribution in [0.3, 0.4) is 0 Å². The zero-order valence-electron chi connectivity index (χ0n) is 17.1. The Kier molecular flexibility index (Phi) is 5.34. The topological polar surface area (TPSA) is 83.3 Å². The lowest BCUT2D eigenvalue weighted by Crippen LogP contribution is -2.46. The largest absolute Gasteiger partial charge is 0.416 e. The van der Waals surface area contributed by atoms with Crippen molar-refractivity contribution in [2.75, 3.05) is 19.0 Å². The first-order chi connectivity index (χ1) is 14.5. The van der Waals surface area contributed by atoms with Crippen LogP contribution in [0.15, 0.2) is 70.8 Å². The summed E-state index contributed by atoms with van der Waals surface area (Å²) in [6.07, 6.45) is 3.88. The molecule has 7 heteroatoms. The van der Waals surface area contributed by atoms with Crippen molar-refractivity contribution in [2.45, 2.75) is 13.0 Å². The molecule has 0 aliphatic carbocycles. The van der Waals surface area contributed by atoms with E-state index in [-0.39, 0.29) is 12.1 Å². The zero-order valence-corrected chi connectivity index (χ0v) is 17.1. The van der Waals surface area contributed by atoms with Gasteiger partial charge in [0.05, 0.1) is 11.6 Å². The fraction of sp³-hybridized carbons (Fsp3) is 0.174. The van der Waals surface area contributed by atoms with E-state index in [1.165, 1.54) is 0 Å². The molecular formula is C23H23N5O2. The van der Waals surface area contributed by atoms with E-state index in [2.05, 4.69) is 20.8 Å². The van der Waals surface area contributed by atoms with Gasteiger partial charge in [-0.15, -0.1) is 10.2 Å². The number of anilines is 1. The number of nitrogens with zero attached hydrogens (tertiary/aromatic N) is 3. The summed E-state index contributed by atoms with van der Waals surface area (Å²) in [5, 5.41) is 14.2. The van der Waals surface area contributed by atoms with Gasteiger partial charge in [-0.3, -0.25) is 0 Å². The summed E-state index contributed by atoms with van der Waals surface area (Å²) in [6.45, 7) is 1.83. The third-order valence-corrected chi connectivity index (χ3v) is 4.87. The van der Waals surface area contributed by atoms with Gasteiger partial charge in [0.25, 0.3) is 0 Å². The summed E-state index contributed by atoms with van der Waals surface area (Å²) in [6, 6.07) is 17.1. The van der Waals surface area contributed by atoms with Gasteiger partial charge in [0.15, 0.2) is 0 Å². The highest BCUT2D eigenvalue weighted by molar-refractivity contribution is 5.87. The van der Waals surface area contributed by atoms with E-state index in [1.54, 1.807) is 0 Å². The van der Waals surface area contributed by atoms with Crippen molar-refractivity contribution in [3.05, 3.63) is 77.8 Å². The summed E-state index contributed by atoms with van der Waals surface area (Å²) >= 11 is 0. The summed E-state index contributed by atoms with van der Waals surface area (Å²) in [5.74, 6) is 0.799. The first-order valence-electron chi connectivity index (χ1n) is 9.64. The Bertz CT molecular complexity index is 1100. The number of benzene rings is 2. The van der Waals surface area contributed by atoms with E-state index >= 15 is 0 Å². The van der Waals surface area contributed by atoms with E-state index in [4.69, 9.17) is 4.42 Å². The molecule has 0 saturated heterocycles. The van der Waals surface area contributed by atoms with Crippen LogP contribution >= 0.6 is 0 Å². The van der Waals surface area contributed by atoms with Crippen molar-refractivity contribution in [1.29, 1.82) is 0 Å². The summed E-state index contributed by atoms with van der Waals surface area (Å²) < 4.78 is 5.98. The minimum atomic E-state index is -0.386. The smallest absolute Gasteiger partial charge is 0.319 e. The van der Waals surface area contributed by atoms with Crippen LogP contribution in [-0.2, 0) is 0 Å². The van der Waals surface area contributed by atoms with E-state index in [9.17, 15) is 4.79 Å². The summed E-state index contributed by atoms with van der Waals surface area (Å²) in [5.41, 5.74) is 4.38. The van der Waals surface area contributed by atoms with Crippen LogP contribution < -0.4 is 15.5 Å². The highest BCUT2D eigenvalue weighted by atomic mass is 16.4. The van der Waals surface area contributed by atoms with Crippen LogP contribution in [0.2, 0.25) is 0 Å². The second kappa shape index (κ2) is 8.24. The number of nitrogens with one attached hydrogen (secondary N) is 2. The third-order valence-electron chi connectivity index (χ3n) is 4.87. The molecule has 0 spiro atoms. The number of hydrogen-bond acceptors (Lipinski definition) is 5. The average Bonchev–Trinajstić information content (AvgIpc) is 3.22. The van der Waals surface area contributed by atoms with E-state index in [0.29, 0.717) is 17.5 Å². The van der Waals surface area contributed by atoms with Crippen molar-refractivity contribution >= 4 is 23.4 Å². The van der Waals surface area contributed by atoms with E-state index in [0.717, 1.165) is 22.4 Å². The quantitative estimate of drug-likeness (QED) is 0.677. The molecule has 0 fully saturated rings. The fourth-order valence-corrected chi connectivity index (χ4v) is 3.28. The molecule has 7 nitrogen and oxygen atoms in total. The molecule has 1 aliphatic heterocycles. The number of urea groups is 1. The molecule has 2 N–H and O–H groups in total. The van der Waals surface area contributed by atoms with Gasteiger partial charge >= 0.3 is 6.03 Å². The van der Waals surface area contributed by atoms with Crippen LogP contribution in [0.5, 0.6) is 0 Å². The van der Waals surface area contributed by atoms with Crippen molar-refractivity contribution in [3.63, 3.8) is 0 Å². The summed E-state index contributed by atoms with van der Waals surface area (Å²) in [7, 11) is 3.98. The second-order valence-corrected chi connectivity index (χ2v) is 7.24. The predicted octanol–water partition coefficient (Wildman–Crippen LogP) is 3.93. The lowest BCUT2D eigenvalue weighted by atomic mass is 10.0. The SMILES string of the molecule is CC1=C(c2nnc(-c3ccc(N(C)C)cc3)o2)C(/C=C/c2ccccc2)NC(=O)N1. The molecule has 1 atom stereocenters. The van der Waals surface area contributed by atoms with Crippen molar-refractivity contribution < 1.29 is 9.21 Å². The van der Waals surface area contributed by atoms with Crippen molar-refractivity contribution in [3.8, 4) is 11.5 Å². The van der Waals surface area contributed by atoms with E-state index in [1.807, 2.05) is 92.7 Å². The maximum Gasteiger partial charge on any atom is 0.319 e. The van der Waals surface area contributed by atoms with Crippen LogP contribution in [0.4, 0.5) is 10.5 Å². The molecule has 1 aliphatic rings. The third kappa shape index (κ3) is 4.10. The number of carbonyl (C=O) groups excluding carboxylic acids is 1. The Hall–Kier alpha value is -3.87. The predicted molar refractivity (Wildman–Crippen MR) is 118 cm³/mol. The number of rotatable bonds is 5. The van der Waals surface area contributed by atoms with Crippen LogP contribution in [-0.4, -0.2) is 36.4 Å². The normalized spacial score (nSPS) is 16.5. The molecule has 1 unspecified atom stereocenters. The number of amides is 2. The van der Waals surface area contributed by atoms with Gasteiger partial charge in [0.1, 0.15) is 0 Å². The number of aromatic nitrogens is 2. The molecule has 0 bridgehead atoms. The second-order valence-electron chi connectivity index (χ2n) is 7.24. The molecule has 0 saturated carbocycles. The molecule has 1 aromatic heterocycles. The van der Waals surface area contributed by atoms with Gasteiger partial charge in [-0.05, 0) is 36.8 Å². The van der Waals surface area contributed by atoms with Gasteiger partial charge < -0.3 is 20.0 Å². The average molecular weight is 401 g/mol. The molecule has 152 valence electrons. The maximum atomic E-state index is 12.0. The number of carbonyl (C=O) groups is 1. The Morgan fingerprint density at radius 2 is 1.70 bits per heavy atom. The van der Waals surface area contributed by atoms with E-state index < -0.39 is 0 Å². The minimum absolute atomic E-state index is 0.266. The number of allylic oxidation sites excluding steroid dienone is 1. The lowest BCUT2D eigenvalue weighted by Gasteiger charge is -2.24. The molecule has 2 heterocycles. The van der Waals surface area contributed by atoms with Crippen LogP contribution in [0.25, 0.3) is 23.1 Å². The molecule has 4 rings (SSSR count). The Labute approximate surface area is 175 Å². The molecule has 3 aromatic rings. The van der Waals surface area contributed by atoms with Gasteiger partial charge in [-0.2, -0.15) is 0 Å². The van der Waals surface area contributed by atoms with Gasteiger partial charge in [0.2, 0.25) is 11.8 Å². The Balaban J connectivity index is 1.64. The zero-order chi connectivity index (χ0) is 21.1. The standard InChI is InChI=1S/C23H23N5O2/c1-15-20(19(25-23(29)24-15)14-9-16-7-5-4-6-8-16)22-27-26-21(30-22)17-10-12-18(13-11-17)28(2)3/h4-14,19H,1-3H3,(H2,24,25,29)/b14-9+. The summed E-state index contributed by atoms with van der Waals surface area (Å²) in [4.78, 5) is 14.0. The molecule has 0 radical (unpaired) electrons. The lowest BCUT2D eigenvalue weighted by molar-refractivity contribution is 0.241. The van der Waals surface area contributed by atoms with Gasteiger partial charge in [-0.1, -0.05) is 42.5 Å². The fourth-order valence-electron chi connectivity index (χ4n) is 3.28.